The first-order valence-electron chi connectivity index (χ1n) is 3.97. The van der Waals surface area contributed by atoms with Gasteiger partial charge in [-0.15, -0.1) is 0 Å². The van der Waals surface area contributed by atoms with E-state index in [-0.39, 0.29) is 18.8 Å². The Morgan fingerprint density at radius 2 is 2.20 bits per heavy atom. The van der Waals surface area contributed by atoms with E-state index < -0.39 is 19.6 Å². The third kappa shape index (κ3) is 4.11. The highest BCUT2D eigenvalue weighted by atomic mass is 31.2. The summed E-state index contributed by atoms with van der Waals surface area (Å²) in [7, 11) is -4.65. The smallest absolute Gasteiger partial charge is 0.456 e. The van der Waals surface area contributed by atoms with E-state index in [0.29, 0.717) is 0 Å². The lowest BCUT2D eigenvalue weighted by molar-refractivity contribution is -0.145. The monoisotopic (exact) mass is 238 g/mol. The van der Waals surface area contributed by atoms with Gasteiger partial charge in [-0.05, 0) is 6.92 Å². The van der Waals surface area contributed by atoms with Crippen LogP contribution in [0.1, 0.15) is 6.92 Å². The van der Waals surface area contributed by atoms with Gasteiger partial charge < -0.3 is 19.3 Å². The van der Waals surface area contributed by atoms with Crippen molar-refractivity contribution in [2.45, 2.75) is 12.7 Å². The molecule has 1 unspecified atom stereocenters. The van der Waals surface area contributed by atoms with Gasteiger partial charge in [-0.25, -0.2) is 13.9 Å². The second kappa shape index (κ2) is 4.03. The molecule has 0 bridgehead atoms. The molecule has 15 heavy (non-hydrogen) atoms. The first-order valence-corrected chi connectivity index (χ1v) is 5.50. The molecule has 1 aliphatic rings. The molecule has 1 fully saturated rings. The zero-order valence-corrected chi connectivity index (χ0v) is 8.90. The Bertz CT molecular complexity index is 326. The lowest BCUT2D eigenvalue weighted by Gasteiger charge is -2.13. The topological polar surface area (TPSA) is 106 Å². The van der Waals surface area contributed by atoms with Crippen molar-refractivity contribution in [3.05, 3.63) is 12.2 Å². The van der Waals surface area contributed by atoms with Crippen LogP contribution in [0, 0.1) is 0 Å². The molecule has 86 valence electrons. The Hall–Kier alpha value is -0.720. The molecule has 8 heteroatoms. The minimum Gasteiger partial charge on any atom is -0.456 e. The van der Waals surface area contributed by atoms with E-state index >= 15 is 0 Å². The van der Waals surface area contributed by atoms with Gasteiger partial charge in [0, 0.05) is 5.57 Å². The van der Waals surface area contributed by atoms with Crippen LogP contribution in [0.2, 0.25) is 0 Å². The van der Waals surface area contributed by atoms with Crippen molar-refractivity contribution in [1.82, 2.24) is 0 Å². The van der Waals surface area contributed by atoms with Gasteiger partial charge in [0.25, 0.3) is 0 Å². The number of carbonyl (C=O) groups excluding carboxylic acids is 1. The minimum atomic E-state index is -4.65. The van der Waals surface area contributed by atoms with Crippen molar-refractivity contribution in [3.8, 4) is 0 Å². The van der Waals surface area contributed by atoms with Crippen molar-refractivity contribution in [2.75, 3.05) is 13.2 Å². The van der Waals surface area contributed by atoms with Crippen molar-refractivity contribution >= 4 is 13.8 Å². The molecular weight excluding hydrogens is 227 g/mol. The van der Waals surface area contributed by atoms with E-state index in [1.165, 1.54) is 6.92 Å². The van der Waals surface area contributed by atoms with E-state index in [2.05, 4.69) is 20.6 Å². The predicted octanol–water partition coefficient (Wildman–Crippen LogP) is -0.0585. The van der Waals surface area contributed by atoms with Gasteiger partial charge in [0.1, 0.15) is 13.2 Å². The predicted molar refractivity (Wildman–Crippen MR) is 47.6 cm³/mol. The molecule has 1 rings (SSSR count). The number of carbonyl (C=O) groups is 1. The fourth-order valence-corrected chi connectivity index (χ4v) is 1.35. The largest absolute Gasteiger partial charge is 0.472 e. The lowest BCUT2D eigenvalue weighted by atomic mass is 10.3. The number of hydrogen-bond acceptors (Lipinski definition) is 5. The van der Waals surface area contributed by atoms with Crippen LogP contribution in [0.4, 0.5) is 0 Å². The van der Waals surface area contributed by atoms with Crippen LogP contribution in [0.25, 0.3) is 0 Å². The second-order valence-electron chi connectivity index (χ2n) is 3.14. The quantitative estimate of drug-likeness (QED) is 0.299. The molecule has 7 nitrogen and oxygen atoms in total. The van der Waals surface area contributed by atoms with Crippen molar-refractivity contribution in [2.24, 2.45) is 0 Å². The molecule has 1 heterocycles. The Morgan fingerprint density at radius 1 is 1.67 bits per heavy atom. The van der Waals surface area contributed by atoms with Gasteiger partial charge in [-0.3, -0.25) is 0 Å². The van der Waals surface area contributed by atoms with E-state index in [4.69, 9.17) is 9.79 Å². The molecule has 0 aromatic heterocycles. The molecule has 2 N–H and O–H groups in total. The zero-order chi connectivity index (χ0) is 11.7. The summed E-state index contributed by atoms with van der Waals surface area (Å²) in [5, 5.41) is 0. The molecule has 0 aromatic rings. The maximum absolute atomic E-state index is 11.0. The third-order valence-electron chi connectivity index (χ3n) is 1.52. The average Bonchev–Trinajstić information content (AvgIpc) is 2.78. The van der Waals surface area contributed by atoms with Gasteiger partial charge in [0.15, 0.2) is 0 Å². The standard InChI is InChI=1S/C7H11O7P/c1-5(2)6(8)12-3-7(4-13-7)14-15(9,10)11/h1,3-4H2,2H3,(H2,9,10,11). The van der Waals surface area contributed by atoms with Gasteiger partial charge in [-0.1, -0.05) is 6.58 Å². The highest BCUT2D eigenvalue weighted by Gasteiger charge is 2.52. The Labute approximate surface area is 85.9 Å². The molecule has 0 aromatic carbocycles. The molecular formula is C7H11O7P. The maximum Gasteiger partial charge on any atom is 0.472 e. The summed E-state index contributed by atoms with van der Waals surface area (Å²) in [4.78, 5) is 28.0. The molecule has 0 spiro atoms. The summed E-state index contributed by atoms with van der Waals surface area (Å²) in [6.07, 6.45) is 0. The number of ether oxygens (including phenoxy) is 2. The molecule has 1 aliphatic heterocycles. The molecule has 0 saturated carbocycles. The molecule has 0 aliphatic carbocycles. The van der Waals surface area contributed by atoms with Gasteiger partial charge in [-0.2, -0.15) is 0 Å². The summed E-state index contributed by atoms with van der Waals surface area (Å²) in [6, 6.07) is 0. The van der Waals surface area contributed by atoms with Crippen LogP contribution >= 0.6 is 7.82 Å². The number of epoxide rings is 1. The highest BCUT2D eigenvalue weighted by Crippen LogP contribution is 2.47. The van der Waals surface area contributed by atoms with Crippen LogP contribution in [-0.2, 0) is 23.4 Å². The van der Waals surface area contributed by atoms with Gasteiger partial charge in [0.2, 0.25) is 5.79 Å². The third-order valence-corrected chi connectivity index (χ3v) is 2.09. The van der Waals surface area contributed by atoms with Gasteiger partial charge >= 0.3 is 13.8 Å². The fraction of sp³-hybridized carbons (Fsp3) is 0.571. The van der Waals surface area contributed by atoms with Crippen LogP contribution < -0.4 is 0 Å². The van der Waals surface area contributed by atoms with Crippen LogP contribution in [-0.4, -0.2) is 34.8 Å². The average molecular weight is 238 g/mol. The molecule has 1 saturated heterocycles. The summed E-state index contributed by atoms with van der Waals surface area (Å²) in [6.45, 7) is 4.39. The normalized spacial score (nSPS) is 24.7. The van der Waals surface area contributed by atoms with Crippen LogP contribution in [0.5, 0.6) is 0 Å². The Morgan fingerprint density at radius 3 is 2.53 bits per heavy atom. The summed E-state index contributed by atoms with van der Waals surface area (Å²) in [5.74, 6) is -2.16. The molecule has 0 amide bonds. The first-order chi connectivity index (χ1) is 6.74. The van der Waals surface area contributed by atoms with Gasteiger partial charge in [0.05, 0.1) is 0 Å². The molecule has 1 atom stereocenters. The lowest BCUT2D eigenvalue weighted by Crippen LogP contribution is -2.24. The SMILES string of the molecule is C=C(C)C(=O)OCC1(OP(=O)(O)O)CO1. The Kier molecular flexibility index (Phi) is 3.32. The maximum atomic E-state index is 11.0. The van der Waals surface area contributed by atoms with Crippen molar-refractivity contribution < 1.29 is 33.1 Å². The van der Waals surface area contributed by atoms with E-state index in [1.54, 1.807) is 0 Å². The van der Waals surface area contributed by atoms with Crippen molar-refractivity contribution in [1.29, 1.82) is 0 Å². The second-order valence-corrected chi connectivity index (χ2v) is 4.30. The first kappa shape index (κ1) is 12.4. The van der Waals surface area contributed by atoms with Crippen LogP contribution in [0.15, 0.2) is 12.2 Å². The summed E-state index contributed by atoms with van der Waals surface area (Å²) < 4.78 is 24.1. The summed E-state index contributed by atoms with van der Waals surface area (Å²) in [5.41, 5.74) is 0.182. The number of hydrogen-bond donors (Lipinski definition) is 2. The van der Waals surface area contributed by atoms with E-state index in [0.717, 1.165) is 0 Å². The van der Waals surface area contributed by atoms with Crippen LogP contribution in [0.3, 0.4) is 0 Å². The minimum absolute atomic E-state index is 0.0262. The number of phosphoric acid groups is 1. The number of phosphoric ester groups is 1. The van der Waals surface area contributed by atoms with E-state index in [9.17, 15) is 9.36 Å². The number of rotatable bonds is 5. The zero-order valence-electron chi connectivity index (χ0n) is 8.00. The summed E-state index contributed by atoms with van der Waals surface area (Å²) >= 11 is 0. The molecule has 0 radical (unpaired) electrons. The van der Waals surface area contributed by atoms with E-state index in [1.807, 2.05) is 0 Å². The number of esters is 1. The Balaban J connectivity index is 2.42. The fourth-order valence-electron chi connectivity index (χ4n) is 0.758. The highest BCUT2D eigenvalue weighted by molar-refractivity contribution is 7.46. The van der Waals surface area contributed by atoms with Crippen molar-refractivity contribution in [3.63, 3.8) is 0 Å².